The number of hydrogen-bond acceptors (Lipinski definition) is 6. The van der Waals surface area contributed by atoms with Crippen LogP contribution < -0.4 is 10.6 Å². The highest BCUT2D eigenvalue weighted by molar-refractivity contribution is 5.85. The number of methoxy groups -OCH3 is 1. The second kappa shape index (κ2) is 14.1. The minimum atomic E-state index is -0.808. The van der Waals surface area contributed by atoms with Crippen molar-refractivity contribution in [3.63, 3.8) is 0 Å². The van der Waals surface area contributed by atoms with Crippen LogP contribution in [0.3, 0.4) is 0 Å². The standard InChI is InChI=1S/C21H30N2O6/c1-16(24)12-13-18(20(26)28-2)23-19(25)11-7-4-8-14-22-21(27)29-15-17-9-5-3-6-10-17/h3,5-6,9-10,18H,4,7-8,11-15H2,1-2H3,(H,22,27)(H,23,25)/t18-/m0/s1. The molecule has 8 heteroatoms. The van der Waals surface area contributed by atoms with Gasteiger partial charge >= 0.3 is 12.1 Å². The molecule has 0 unspecified atom stereocenters. The number of esters is 1. The molecule has 0 radical (unpaired) electrons. The number of carbonyl (C=O) groups is 4. The Labute approximate surface area is 171 Å². The van der Waals surface area contributed by atoms with Crippen LogP contribution in [0.4, 0.5) is 4.79 Å². The number of unbranched alkanes of at least 4 members (excludes halogenated alkanes) is 2. The van der Waals surface area contributed by atoms with Crippen molar-refractivity contribution >= 4 is 23.8 Å². The van der Waals surface area contributed by atoms with Gasteiger partial charge in [-0.3, -0.25) is 4.79 Å². The summed E-state index contributed by atoms with van der Waals surface area (Å²) >= 11 is 0. The van der Waals surface area contributed by atoms with Crippen molar-refractivity contribution < 1.29 is 28.7 Å². The number of carbonyl (C=O) groups excluding carboxylic acids is 4. The Morgan fingerprint density at radius 3 is 2.38 bits per heavy atom. The molecule has 1 atom stereocenters. The molecule has 0 saturated heterocycles. The van der Waals surface area contributed by atoms with E-state index in [4.69, 9.17) is 4.74 Å². The molecular weight excluding hydrogens is 376 g/mol. The van der Waals surface area contributed by atoms with Gasteiger partial charge < -0.3 is 24.9 Å². The van der Waals surface area contributed by atoms with Gasteiger partial charge in [-0.1, -0.05) is 36.8 Å². The van der Waals surface area contributed by atoms with Gasteiger partial charge in [0.05, 0.1) is 7.11 Å². The van der Waals surface area contributed by atoms with E-state index in [9.17, 15) is 19.2 Å². The monoisotopic (exact) mass is 406 g/mol. The number of rotatable bonds is 13. The molecule has 0 bridgehead atoms. The van der Waals surface area contributed by atoms with E-state index in [1.54, 1.807) is 0 Å². The zero-order valence-electron chi connectivity index (χ0n) is 17.1. The molecule has 0 saturated carbocycles. The molecule has 0 fully saturated rings. The van der Waals surface area contributed by atoms with Gasteiger partial charge in [0.15, 0.2) is 0 Å². The van der Waals surface area contributed by atoms with Gasteiger partial charge in [0, 0.05) is 19.4 Å². The highest BCUT2D eigenvalue weighted by Crippen LogP contribution is 2.04. The summed E-state index contributed by atoms with van der Waals surface area (Å²) in [6.07, 6.45) is 2.27. The normalized spacial score (nSPS) is 11.2. The lowest BCUT2D eigenvalue weighted by molar-refractivity contribution is -0.145. The van der Waals surface area contributed by atoms with Gasteiger partial charge in [0.2, 0.25) is 5.91 Å². The predicted octanol–water partition coefficient (Wildman–Crippen LogP) is 2.50. The Balaban J connectivity index is 2.13. The van der Waals surface area contributed by atoms with E-state index >= 15 is 0 Å². The molecule has 8 nitrogen and oxygen atoms in total. The number of alkyl carbamates (subject to hydrolysis) is 1. The minimum absolute atomic E-state index is 0.0528. The van der Waals surface area contributed by atoms with Crippen molar-refractivity contribution in [3.8, 4) is 0 Å². The van der Waals surface area contributed by atoms with Gasteiger partial charge in [-0.15, -0.1) is 0 Å². The number of ketones is 1. The van der Waals surface area contributed by atoms with Crippen LogP contribution in [0.2, 0.25) is 0 Å². The Morgan fingerprint density at radius 2 is 1.72 bits per heavy atom. The third kappa shape index (κ3) is 11.5. The van der Waals surface area contributed by atoms with Gasteiger partial charge in [0.25, 0.3) is 0 Å². The second-order valence-electron chi connectivity index (χ2n) is 6.68. The fourth-order valence-electron chi connectivity index (χ4n) is 2.56. The smallest absolute Gasteiger partial charge is 0.407 e. The number of Topliss-reactive ketones (excluding diaryl/α,β-unsaturated/α-hetero) is 1. The van der Waals surface area contributed by atoms with Crippen molar-refractivity contribution in [2.75, 3.05) is 13.7 Å². The summed E-state index contributed by atoms with van der Waals surface area (Å²) in [7, 11) is 1.24. The van der Waals surface area contributed by atoms with E-state index in [0.717, 1.165) is 12.0 Å². The predicted molar refractivity (Wildman–Crippen MR) is 107 cm³/mol. The SMILES string of the molecule is COC(=O)[C@H](CCC(C)=O)NC(=O)CCCCCNC(=O)OCc1ccccc1. The van der Waals surface area contributed by atoms with Crippen LogP contribution in [0.25, 0.3) is 0 Å². The van der Waals surface area contributed by atoms with Crippen molar-refractivity contribution in [3.05, 3.63) is 35.9 Å². The van der Waals surface area contributed by atoms with E-state index in [1.165, 1.54) is 14.0 Å². The summed E-state index contributed by atoms with van der Waals surface area (Å²) in [5.41, 5.74) is 0.919. The summed E-state index contributed by atoms with van der Waals surface area (Å²) < 4.78 is 9.76. The molecule has 0 spiro atoms. The lowest BCUT2D eigenvalue weighted by Crippen LogP contribution is -2.41. The fourth-order valence-corrected chi connectivity index (χ4v) is 2.56. The molecule has 29 heavy (non-hydrogen) atoms. The van der Waals surface area contributed by atoms with Crippen LogP contribution in [-0.4, -0.2) is 43.4 Å². The first-order chi connectivity index (χ1) is 13.9. The molecule has 0 heterocycles. The maximum atomic E-state index is 12.0. The van der Waals surface area contributed by atoms with E-state index in [-0.39, 0.29) is 37.6 Å². The highest BCUT2D eigenvalue weighted by atomic mass is 16.5. The summed E-state index contributed by atoms with van der Waals surface area (Å²) in [6, 6.07) is 8.60. The summed E-state index contributed by atoms with van der Waals surface area (Å²) in [5.74, 6) is -0.875. The topological polar surface area (TPSA) is 111 Å². The number of benzene rings is 1. The zero-order chi connectivity index (χ0) is 21.5. The quantitative estimate of drug-likeness (QED) is 0.385. The van der Waals surface area contributed by atoms with Crippen LogP contribution in [0.1, 0.15) is 51.0 Å². The maximum absolute atomic E-state index is 12.0. The fraction of sp³-hybridized carbons (Fsp3) is 0.524. The molecule has 2 amide bonds. The van der Waals surface area contributed by atoms with Gasteiger partial charge in [0.1, 0.15) is 18.4 Å². The van der Waals surface area contributed by atoms with Crippen molar-refractivity contribution in [2.24, 2.45) is 0 Å². The van der Waals surface area contributed by atoms with Crippen LogP contribution in [0, 0.1) is 0 Å². The summed E-state index contributed by atoms with van der Waals surface area (Å²) in [6.45, 7) is 2.11. The lowest BCUT2D eigenvalue weighted by Gasteiger charge is -2.15. The number of nitrogens with one attached hydrogen (secondary N) is 2. The minimum Gasteiger partial charge on any atom is -0.467 e. The summed E-state index contributed by atoms with van der Waals surface area (Å²) in [4.78, 5) is 46.4. The van der Waals surface area contributed by atoms with Crippen molar-refractivity contribution in [1.82, 2.24) is 10.6 Å². The van der Waals surface area contributed by atoms with Crippen LogP contribution in [0.5, 0.6) is 0 Å². The third-order valence-electron chi connectivity index (χ3n) is 4.17. The molecule has 1 rings (SSSR count). The molecule has 0 aliphatic heterocycles. The summed E-state index contributed by atoms with van der Waals surface area (Å²) in [5, 5.41) is 5.28. The van der Waals surface area contributed by atoms with Crippen LogP contribution in [0.15, 0.2) is 30.3 Å². The van der Waals surface area contributed by atoms with E-state index in [2.05, 4.69) is 15.4 Å². The molecule has 0 aliphatic carbocycles. The Kier molecular flexibility index (Phi) is 11.8. The van der Waals surface area contributed by atoms with E-state index in [1.807, 2.05) is 30.3 Å². The molecule has 160 valence electrons. The van der Waals surface area contributed by atoms with E-state index in [0.29, 0.717) is 19.4 Å². The van der Waals surface area contributed by atoms with Gasteiger partial charge in [-0.25, -0.2) is 9.59 Å². The maximum Gasteiger partial charge on any atom is 0.407 e. The Hall–Kier alpha value is -2.90. The molecule has 0 aliphatic rings. The molecule has 1 aromatic carbocycles. The number of amides is 2. The Bertz CT molecular complexity index is 662. The molecule has 2 N–H and O–H groups in total. The number of hydrogen-bond donors (Lipinski definition) is 2. The average molecular weight is 406 g/mol. The lowest BCUT2D eigenvalue weighted by atomic mass is 10.1. The molecule has 0 aromatic heterocycles. The molecule has 1 aromatic rings. The second-order valence-corrected chi connectivity index (χ2v) is 6.68. The Morgan fingerprint density at radius 1 is 1.00 bits per heavy atom. The average Bonchev–Trinajstić information content (AvgIpc) is 2.72. The van der Waals surface area contributed by atoms with E-state index < -0.39 is 18.1 Å². The van der Waals surface area contributed by atoms with Crippen LogP contribution in [-0.2, 0) is 30.5 Å². The molecular formula is C21H30N2O6. The van der Waals surface area contributed by atoms with Gasteiger partial charge in [-0.05, 0) is 31.7 Å². The van der Waals surface area contributed by atoms with Gasteiger partial charge in [-0.2, -0.15) is 0 Å². The zero-order valence-corrected chi connectivity index (χ0v) is 17.1. The first-order valence-electron chi connectivity index (χ1n) is 9.73. The largest absolute Gasteiger partial charge is 0.467 e. The van der Waals surface area contributed by atoms with Crippen molar-refractivity contribution in [2.45, 2.75) is 58.1 Å². The number of ether oxygens (including phenoxy) is 2. The third-order valence-corrected chi connectivity index (χ3v) is 4.17. The first-order valence-corrected chi connectivity index (χ1v) is 9.73. The first kappa shape index (κ1) is 24.1. The van der Waals surface area contributed by atoms with Crippen LogP contribution >= 0.6 is 0 Å². The highest BCUT2D eigenvalue weighted by Gasteiger charge is 2.21. The van der Waals surface area contributed by atoms with Crippen molar-refractivity contribution in [1.29, 1.82) is 0 Å².